The number of aromatic amines is 2. The lowest BCUT2D eigenvalue weighted by molar-refractivity contribution is 0.103. The van der Waals surface area contributed by atoms with Gasteiger partial charge in [0.05, 0.1) is 0 Å². The Balaban J connectivity index is 2.02. The van der Waals surface area contributed by atoms with Gasteiger partial charge in [0.15, 0.2) is 5.82 Å². The molecule has 3 aromatic rings. The van der Waals surface area contributed by atoms with Crippen LogP contribution < -0.4 is 0 Å². The molecule has 0 bridgehead atoms. The Morgan fingerprint density at radius 3 is 3.00 bits per heavy atom. The Kier molecular flexibility index (Phi) is 3.00. The van der Waals surface area contributed by atoms with E-state index in [-0.39, 0.29) is 11.6 Å². The summed E-state index contributed by atoms with van der Waals surface area (Å²) in [6.07, 6.45) is 3.92. The summed E-state index contributed by atoms with van der Waals surface area (Å²) in [7, 11) is 0. The lowest BCUT2D eigenvalue weighted by atomic mass is 10.1. The van der Waals surface area contributed by atoms with Crippen molar-refractivity contribution < 1.29 is 9.90 Å². The number of aliphatic hydroxyl groups is 1. The second-order valence-electron chi connectivity index (χ2n) is 4.12. The van der Waals surface area contributed by atoms with Gasteiger partial charge in [0.1, 0.15) is 12.1 Å². The fraction of sp³-hybridized carbons (Fsp3) is 0. The zero-order chi connectivity index (χ0) is 14.1. The maximum Gasteiger partial charge on any atom is 0.226 e. The summed E-state index contributed by atoms with van der Waals surface area (Å²) >= 11 is 5.93. The van der Waals surface area contributed by atoms with Gasteiger partial charge in [-0.05, 0) is 18.2 Å². The van der Waals surface area contributed by atoms with Crippen molar-refractivity contribution in [2.24, 2.45) is 0 Å². The van der Waals surface area contributed by atoms with Crippen LogP contribution in [0.3, 0.4) is 0 Å². The maximum absolute atomic E-state index is 11.8. The molecule has 2 heterocycles. The number of allylic oxidation sites excluding steroid dienone is 1. The van der Waals surface area contributed by atoms with E-state index in [1.807, 2.05) is 0 Å². The summed E-state index contributed by atoms with van der Waals surface area (Å²) in [4.78, 5) is 18.5. The van der Waals surface area contributed by atoms with Gasteiger partial charge in [-0.15, -0.1) is 0 Å². The van der Waals surface area contributed by atoms with Gasteiger partial charge in [-0.2, -0.15) is 5.10 Å². The summed E-state index contributed by atoms with van der Waals surface area (Å²) < 4.78 is 0. The monoisotopic (exact) mass is 288 g/mol. The number of ketones is 1. The van der Waals surface area contributed by atoms with E-state index in [1.165, 1.54) is 6.33 Å². The summed E-state index contributed by atoms with van der Waals surface area (Å²) in [5, 5.41) is 17.4. The van der Waals surface area contributed by atoms with Crippen LogP contribution >= 0.6 is 11.6 Å². The molecule has 0 saturated heterocycles. The second-order valence-corrected chi connectivity index (χ2v) is 4.56. The van der Waals surface area contributed by atoms with Crippen molar-refractivity contribution >= 4 is 34.0 Å². The van der Waals surface area contributed by atoms with Crippen LogP contribution in [0.4, 0.5) is 0 Å². The number of fused-ring (bicyclic) bond motifs is 1. The van der Waals surface area contributed by atoms with Gasteiger partial charge in [-0.1, -0.05) is 11.6 Å². The van der Waals surface area contributed by atoms with Crippen LogP contribution in [0, 0.1) is 0 Å². The molecule has 0 saturated carbocycles. The van der Waals surface area contributed by atoms with Gasteiger partial charge in [-0.3, -0.25) is 9.89 Å². The normalized spacial score (nSPS) is 11.9. The number of rotatable bonds is 3. The van der Waals surface area contributed by atoms with Crippen LogP contribution in [-0.4, -0.2) is 31.1 Å². The third kappa shape index (κ3) is 2.17. The molecule has 0 aliphatic rings. The van der Waals surface area contributed by atoms with Gasteiger partial charge >= 0.3 is 0 Å². The maximum atomic E-state index is 11.8. The number of hydrogen-bond acceptors (Lipinski definition) is 4. The van der Waals surface area contributed by atoms with Crippen LogP contribution in [0.15, 0.2) is 36.8 Å². The van der Waals surface area contributed by atoms with E-state index < -0.39 is 5.78 Å². The number of hydrogen-bond donors (Lipinski definition) is 3. The molecule has 0 radical (unpaired) electrons. The molecule has 0 aliphatic carbocycles. The highest BCUT2D eigenvalue weighted by Crippen LogP contribution is 2.26. The number of aromatic nitrogens is 4. The van der Waals surface area contributed by atoms with Crippen molar-refractivity contribution in [3.05, 3.63) is 53.2 Å². The Hall–Kier alpha value is -2.60. The van der Waals surface area contributed by atoms with Crippen molar-refractivity contribution in [3.8, 4) is 0 Å². The van der Waals surface area contributed by atoms with E-state index in [2.05, 4.69) is 20.2 Å². The summed E-state index contributed by atoms with van der Waals surface area (Å²) in [5.74, 6) is -0.564. The number of aliphatic hydroxyl groups excluding tert-OH is 1. The van der Waals surface area contributed by atoms with Crippen LogP contribution in [0.2, 0.25) is 5.02 Å². The molecule has 0 unspecified atom stereocenters. The smallest absolute Gasteiger partial charge is 0.226 e. The van der Waals surface area contributed by atoms with Gasteiger partial charge in [0.25, 0.3) is 0 Å². The van der Waals surface area contributed by atoms with Crippen molar-refractivity contribution in [1.82, 2.24) is 20.2 Å². The summed E-state index contributed by atoms with van der Waals surface area (Å²) in [6, 6.07) is 5.25. The largest absolute Gasteiger partial charge is 0.507 e. The van der Waals surface area contributed by atoms with Gasteiger partial charge < -0.3 is 10.1 Å². The third-order valence-corrected chi connectivity index (χ3v) is 3.07. The number of carbonyl (C=O) groups excluding carboxylic acids is 1. The highest BCUT2D eigenvalue weighted by atomic mass is 35.5. The van der Waals surface area contributed by atoms with E-state index in [0.717, 1.165) is 17.0 Å². The molecule has 0 spiro atoms. The highest BCUT2D eigenvalue weighted by Gasteiger charge is 2.12. The second kappa shape index (κ2) is 4.82. The van der Waals surface area contributed by atoms with Gasteiger partial charge in [0.2, 0.25) is 5.78 Å². The SMILES string of the molecule is O=C(/C=C(/O)c1c[nH]c2ccc(Cl)cc12)c1ncn[nH]1. The van der Waals surface area contributed by atoms with Crippen molar-refractivity contribution in [2.75, 3.05) is 0 Å². The highest BCUT2D eigenvalue weighted by molar-refractivity contribution is 6.31. The van der Waals surface area contributed by atoms with Gasteiger partial charge in [-0.25, -0.2) is 4.98 Å². The lowest BCUT2D eigenvalue weighted by Gasteiger charge is -1.98. The minimum atomic E-state index is -0.462. The van der Waals surface area contributed by atoms with Crippen molar-refractivity contribution in [2.45, 2.75) is 0 Å². The van der Waals surface area contributed by atoms with Crippen LogP contribution in [0.25, 0.3) is 16.7 Å². The zero-order valence-corrected chi connectivity index (χ0v) is 10.8. The van der Waals surface area contributed by atoms with Crippen molar-refractivity contribution in [1.29, 1.82) is 0 Å². The Morgan fingerprint density at radius 1 is 1.40 bits per heavy atom. The van der Waals surface area contributed by atoms with Crippen molar-refractivity contribution in [3.63, 3.8) is 0 Å². The average molecular weight is 289 g/mol. The first kappa shape index (κ1) is 12.4. The van der Waals surface area contributed by atoms with E-state index >= 15 is 0 Å². The molecule has 0 fully saturated rings. The molecule has 0 aliphatic heterocycles. The molecule has 2 aromatic heterocycles. The molecule has 0 amide bonds. The molecule has 3 rings (SSSR count). The average Bonchev–Trinajstić information content (AvgIpc) is 3.07. The first-order chi connectivity index (χ1) is 9.65. The van der Waals surface area contributed by atoms with Crippen LogP contribution in [0.5, 0.6) is 0 Å². The van der Waals surface area contributed by atoms with Crippen LogP contribution in [-0.2, 0) is 0 Å². The summed E-state index contributed by atoms with van der Waals surface area (Å²) in [6.45, 7) is 0. The summed E-state index contributed by atoms with van der Waals surface area (Å²) in [5.41, 5.74) is 1.31. The molecule has 1 aromatic carbocycles. The number of nitrogens with one attached hydrogen (secondary N) is 2. The standard InChI is InChI=1S/C13H9ClN4O2/c14-7-1-2-10-8(3-7)9(5-15-10)11(19)4-12(20)13-16-6-17-18-13/h1-6,15,19H,(H,16,17,18)/b11-4+. The number of nitrogens with zero attached hydrogens (tertiary/aromatic N) is 2. The fourth-order valence-electron chi connectivity index (χ4n) is 1.90. The van der Waals surface area contributed by atoms with E-state index in [4.69, 9.17) is 11.6 Å². The van der Waals surface area contributed by atoms with Crippen LogP contribution in [0.1, 0.15) is 16.2 Å². The first-order valence-electron chi connectivity index (χ1n) is 5.72. The number of benzene rings is 1. The molecular weight excluding hydrogens is 280 g/mol. The van der Waals surface area contributed by atoms with E-state index in [9.17, 15) is 9.90 Å². The Bertz CT molecular complexity index is 805. The third-order valence-electron chi connectivity index (χ3n) is 2.84. The molecule has 20 heavy (non-hydrogen) atoms. The molecule has 100 valence electrons. The zero-order valence-electron chi connectivity index (χ0n) is 10.1. The van der Waals surface area contributed by atoms with E-state index in [1.54, 1.807) is 24.4 Å². The predicted molar refractivity (Wildman–Crippen MR) is 74.6 cm³/mol. The minimum absolute atomic E-state index is 0.0643. The molecule has 7 heteroatoms. The minimum Gasteiger partial charge on any atom is -0.507 e. The number of halogens is 1. The Labute approximate surface area is 118 Å². The first-order valence-corrected chi connectivity index (χ1v) is 6.10. The number of carbonyl (C=O) groups is 1. The topological polar surface area (TPSA) is 94.7 Å². The fourth-order valence-corrected chi connectivity index (χ4v) is 2.07. The van der Waals surface area contributed by atoms with E-state index in [0.29, 0.717) is 10.6 Å². The molecule has 0 atom stereocenters. The molecular formula is C13H9ClN4O2. The van der Waals surface area contributed by atoms with Gasteiger partial charge in [0, 0.05) is 33.8 Å². The number of H-pyrrole nitrogens is 2. The Morgan fingerprint density at radius 2 is 2.25 bits per heavy atom. The quantitative estimate of drug-likeness (QED) is 0.392. The molecule has 6 nitrogen and oxygen atoms in total. The lowest BCUT2D eigenvalue weighted by Crippen LogP contribution is -1.99. The molecule has 3 N–H and O–H groups in total. The predicted octanol–water partition coefficient (Wildman–Crippen LogP) is 2.72.